The lowest BCUT2D eigenvalue weighted by Crippen LogP contribution is -2.26. The van der Waals surface area contributed by atoms with Gasteiger partial charge in [0, 0.05) is 12.6 Å². The molecule has 1 aromatic heterocycles. The molecule has 152 valence electrons. The van der Waals surface area contributed by atoms with Gasteiger partial charge in [-0.15, -0.1) is 11.3 Å². The summed E-state index contributed by atoms with van der Waals surface area (Å²) in [5.74, 6) is -0.572. The predicted molar refractivity (Wildman–Crippen MR) is 98.0 cm³/mol. The van der Waals surface area contributed by atoms with Crippen molar-refractivity contribution in [1.29, 1.82) is 0 Å². The highest BCUT2D eigenvalue weighted by Gasteiger charge is 2.38. The first-order valence-corrected chi connectivity index (χ1v) is 9.01. The van der Waals surface area contributed by atoms with Gasteiger partial charge in [0.05, 0.1) is 4.92 Å². The number of ether oxygens (including phenoxy) is 1. The van der Waals surface area contributed by atoms with E-state index in [2.05, 4.69) is 5.32 Å². The molecule has 0 bridgehead atoms. The Morgan fingerprint density at radius 2 is 2.04 bits per heavy atom. The van der Waals surface area contributed by atoms with E-state index in [9.17, 15) is 28.1 Å². The Morgan fingerprint density at radius 3 is 2.64 bits per heavy atom. The Morgan fingerprint density at radius 1 is 1.32 bits per heavy atom. The van der Waals surface area contributed by atoms with Gasteiger partial charge in [0.25, 0.3) is 11.6 Å². The average Bonchev–Trinajstić information content (AvgIpc) is 3.05. The van der Waals surface area contributed by atoms with Gasteiger partial charge in [-0.3, -0.25) is 14.9 Å². The molecule has 28 heavy (non-hydrogen) atoms. The van der Waals surface area contributed by atoms with Crippen LogP contribution in [0.3, 0.4) is 0 Å². The largest absolute Gasteiger partial charge is 0.456 e. The molecule has 1 aromatic carbocycles. The van der Waals surface area contributed by atoms with Crippen LogP contribution in [0.2, 0.25) is 0 Å². The Kier molecular flexibility index (Phi) is 6.97. The molecule has 0 fully saturated rings. The molecule has 1 amide bonds. The molecule has 0 saturated carbocycles. The van der Waals surface area contributed by atoms with E-state index in [1.807, 2.05) is 19.0 Å². The second-order valence-electron chi connectivity index (χ2n) is 6.06. The minimum atomic E-state index is -4.91. The molecule has 11 heteroatoms. The van der Waals surface area contributed by atoms with Crippen LogP contribution in [0.1, 0.15) is 21.7 Å². The second kappa shape index (κ2) is 9.02. The summed E-state index contributed by atoms with van der Waals surface area (Å²) in [5, 5.41) is 15.1. The average molecular weight is 417 g/mol. The van der Waals surface area contributed by atoms with E-state index >= 15 is 0 Å². The monoisotopic (exact) mass is 417 g/mol. The Labute approximate surface area is 162 Å². The number of thiophene rings is 1. The van der Waals surface area contributed by atoms with Gasteiger partial charge in [0.1, 0.15) is 16.2 Å². The van der Waals surface area contributed by atoms with Gasteiger partial charge in [-0.25, -0.2) is 0 Å². The zero-order chi connectivity index (χ0) is 20.9. The van der Waals surface area contributed by atoms with E-state index in [-0.39, 0.29) is 16.4 Å². The van der Waals surface area contributed by atoms with Gasteiger partial charge in [0.15, 0.2) is 5.75 Å². The number of carbonyl (C=O) groups is 1. The summed E-state index contributed by atoms with van der Waals surface area (Å²) in [4.78, 5) is 24.2. The molecule has 2 rings (SSSR count). The third-order valence-electron chi connectivity index (χ3n) is 3.60. The van der Waals surface area contributed by atoms with Crippen LogP contribution in [0.5, 0.6) is 11.5 Å². The lowest BCUT2D eigenvalue weighted by atomic mass is 10.1. The molecule has 0 aliphatic rings. The van der Waals surface area contributed by atoms with E-state index in [1.165, 1.54) is 6.07 Å². The SMILES string of the molecule is CN(C)CCCNC(=O)c1sccc1Oc1ccc([N+](=O)[O-])c(C(F)(F)F)c1. The summed E-state index contributed by atoms with van der Waals surface area (Å²) in [7, 11) is 3.82. The normalized spacial score (nSPS) is 11.5. The quantitative estimate of drug-likeness (QED) is 0.396. The van der Waals surface area contributed by atoms with Gasteiger partial charge >= 0.3 is 6.18 Å². The molecular formula is C17H18F3N3O4S. The first-order valence-electron chi connectivity index (χ1n) is 8.13. The van der Waals surface area contributed by atoms with Gasteiger partial charge in [0.2, 0.25) is 0 Å². The fraction of sp³-hybridized carbons (Fsp3) is 0.353. The summed E-state index contributed by atoms with van der Waals surface area (Å²) >= 11 is 1.08. The number of amides is 1. The maximum atomic E-state index is 13.1. The van der Waals surface area contributed by atoms with Crippen molar-refractivity contribution in [2.24, 2.45) is 0 Å². The minimum Gasteiger partial charge on any atom is -0.456 e. The van der Waals surface area contributed by atoms with Gasteiger partial charge in [-0.2, -0.15) is 13.2 Å². The van der Waals surface area contributed by atoms with E-state index in [0.29, 0.717) is 12.6 Å². The van der Waals surface area contributed by atoms with Crippen LogP contribution in [-0.2, 0) is 6.18 Å². The molecule has 1 N–H and O–H groups in total. The summed E-state index contributed by atoms with van der Waals surface area (Å²) in [6.45, 7) is 1.22. The maximum absolute atomic E-state index is 13.1. The number of nitrogens with zero attached hydrogens (tertiary/aromatic N) is 2. The van der Waals surface area contributed by atoms with Crippen molar-refractivity contribution in [3.63, 3.8) is 0 Å². The number of rotatable bonds is 8. The van der Waals surface area contributed by atoms with Crippen LogP contribution in [0, 0.1) is 10.1 Å². The summed E-state index contributed by atoms with van der Waals surface area (Å²) in [5.41, 5.74) is -2.48. The number of alkyl halides is 3. The number of halogens is 3. The fourth-order valence-electron chi connectivity index (χ4n) is 2.31. The number of nitro groups is 1. The molecule has 0 radical (unpaired) electrons. The van der Waals surface area contributed by atoms with Crippen LogP contribution >= 0.6 is 11.3 Å². The molecule has 0 aliphatic heterocycles. The molecule has 0 unspecified atom stereocenters. The standard InChI is InChI=1S/C17H18F3N3O4S/c1-22(2)8-3-7-21-16(24)15-14(6-9-28-15)27-11-4-5-13(23(25)26)12(10-11)17(18,19)20/h4-6,9-10H,3,7-8H2,1-2H3,(H,21,24). The zero-order valence-corrected chi connectivity index (χ0v) is 15.9. The highest BCUT2D eigenvalue weighted by atomic mass is 32.1. The number of nitro benzene ring substituents is 1. The maximum Gasteiger partial charge on any atom is 0.423 e. The number of hydrogen-bond acceptors (Lipinski definition) is 6. The Bertz CT molecular complexity index is 852. The lowest BCUT2D eigenvalue weighted by molar-refractivity contribution is -0.388. The summed E-state index contributed by atoms with van der Waals surface area (Å²) in [6, 6.07) is 3.79. The third-order valence-corrected chi connectivity index (χ3v) is 4.50. The molecule has 7 nitrogen and oxygen atoms in total. The highest BCUT2D eigenvalue weighted by molar-refractivity contribution is 7.12. The van der Waals surface area contributed by atoms with E-state index < -0.39 is 28.3 Å². The molecule has 0 spiro atoms. The first kappa shape index (κ1) is 21.6. The van der Waals surface area contributed by atoms with Crippen LogP contribution in [0.15, 0.2) is 29.6 Å². The van der Waals surface area contributed by atoms with Crippen LogP contribution in [-0.4, -0.2) is 42.9 Å². The molecule has 0 aliphatic carbocycles. The van der Waals surface area contributed by atoms with E-state index in [0.717, 1.165) is 36.4 Å². The van der Waals surface area contributed by atoms with Gasteiger partial charge < -0.3 is 15.0 Å². The molecule has 0 saturated heterocycles. The number of hydrogen-bond donors (Lipinski definition) is 1. The van der Waals surface area contributed by atoms with Crippen molar-refractivity contribution in [3.8, 4) is 11.5 Å². The molecule has 2 aromatic rings. The second-order valence-corrected chi connectivity index (χ2v) is 6.98. The van der Waals surface area contributed by atoms with E-state index in [1.54, 1.807) is 5.38 Å². The van der Waals surface area contributed by atoms with Crippen molar-refractivity contribution < 1.29 is 27.6 Å². The molecular weight excluding hydrogens is 399 g/mol. The Balaban J connectivity index is 2.16. The van der Waals surface area contributed by atoms with Crippen LogP contribution in [0.25, 0.3) is 0 Å². The Hall–Kier alpha value is -2.66. The number of carbonyl (C=O) groups excluding carboxylic acids is 1. The van der Waals surface area contributed by atoms with Gasteiger partial charge in [-0.1, -0.05) is 0 Å². The van der Waals surface area contributed by atoms with Gasteiger partial charge in [-0.05, 0) is 50.6 Å². The van der Waals surface area contributed by atoms with Crippen molar-refractivity contribution in [2.75, 3.05) is 27.2 Å². The van der Waals surface area contributed by atoms with Crippen LogP contribution in [0.4, 0.5) is 18.9 Å². The van der Waals surface area contributed by atoms with Crippen LogP contribution < -0.4 is 10.1 Å². The summed E-state index contributed by atoms with van der Waals surface area (Å²) in [6.07, 6.45) is -4.18. The first-order chi connectivity index (χ1) is 13.1. The third kappa shape index (κ3) is 5.67. The molecule has 0 atom stereocenters. The van der Waals surface area contributed by atoms with Crippen molar-refractivity contribution in [3.05, 3.63) is 50.2 Å². The smallest absolute Gasteiger partial charge is 0.423 e. The zero-order valence-electron chi connectivity index (χ0n) is 15.1. The number of benzene rings is 1. The van der Waals surface area contributed by atoms with Crippen molar-refractivity contribution in [2.45, 2.75) is 12.6 Å². The summed E-state index contributed by atoms with van der Waals surface area (Å²) < 4.78 is 44.6. The minimum absolute atomic E-state index is 0.0806. The van der Waals surface area contributed by atoms with E-state index in [4.69, 9.17) is 4.74 Å². The van der Waals surface area contributed by atoms with Crippen molar-refractivity contribution >= 4 is 22.9 Å². The predicted octanol–water partition coefficient (Wildman–Crippen LogP) is 4.15. The topological polar surface area (TPSA) is 84.7 Å². The molecule has 1 heterocycles. The fourth-order valence-corrected chi connectivity index (χ4v) is 3.05. The lowest BCUT2D eigenvalue weighted by Gasteiger charge is -2.12. The van der Waals surface area contributed by atoms with Crippen molar-refractivity contribution in [1.82, 2.24) is 10.2 Å². The highest BCUT2D eigenvalue weighted by Crippen LogP contribution is 2.39. The number of nitrogens with one attached hydrogen (secondary N) is 1.